The number of alkyl halides is 1. The summed E-state index contributed by atoms with van der Waals surface area (Å²) < 4.78 is 38.4. The molecule has 0 spiro atoms. The van der Waals surface area contributed by atoms with Crippen LogP contribution in [0, 0.1) is 11.6 Å². The molecule has 0 radical (unpaired) electrons. The van der Waals surface area contributed by atoms with E-state index in [0.29, 0.717) is 5.56 Å². The van der Waals surface area contributed by atoms with Gasteiger partial charge in [-0.1, -0.05) is 0 Å². The third-order valence-corrected chi connectivity index (χ3v) is 2.36. The van der Waals surface area contributed by atoms with Crippen molar-refractivity contribution in [1.29, 1.82) is 0 Å². The summed E-state index contributed by atoms with van der Waals surface area (Å²) in [7, 11) is 0. The van der Waals surface area contributed by atoms with Gasteiger partial charge in [-0.3, -0.25) is 0 Å². The maximum atomic E-state index is 12.8. The molecule has 1 heterocycles. The molecule has 1 N–H and O–H groups in total. The lowest BCUT2D eigenvalue weighted by Gasteiger charge is -2.10. The summed E-state index contributed by atoms with van der Waals surface area (Å²) in [5.74, 6) is -1.24. The Kier molecular flexibility index (Phi) is 2.46. The SMILES string of the molecule is Fc1cc(F)cc([C@H]2C[C@H](F)CN2)c1. The first-order valence-electron chi connectivity index (χ1n) is 4.48. The lowest BCUT2D eigenvalue weighted by molar-refractivity contribution is 0.355. The van der Waals surface area contributed by atoms with Crippen LogP contribution in [0.5, 0.6) is 0 Å². The minimum atomic E-state index is -0.925. The third-order valence-electron chi connectivity index (χ3n) is 2.36. The van der Waals surface area contributed by atoms with E-state index in [4.69, 9.17) is 0 Å². The molecule has 0 unspecified atom stereocenters. The number of hydrogen-bond acceptors (Lipinski definition) is 1. The van der Waals surface area contributed by atoms with Crippen molar-refractivity contribution in [2.24, 2.45) is 0 Å². The molecule has 76 valence electrons. The summed E-state index contributed by atoms with van der Waals surface area (Å²) in [5.41, 5.74) is 0.475. The van der Waals surface area contributed by atoms with Crippen molar-refractivity contribution >= 4 is 0 Å². The number of hydrogen-bond donors (Lipinski definition) is 1. The molecule has 4 heteroatoms. The van der Waals surface area contributed by atoms with Crippen LogP contribution in [0.25, 0.3) is 0 Å². The zero-order valence-electron chi connectivity index (χ0n) is 7.43. The maximum Gasteiger partial charge on any atom is 0.126 e. The maximum absolute atomic E-state index is 12.8. The van der Waals surface area contributed by atoms with Gasteiger partial charge < -0.3 is 5.32 Å². The average Bonchev–Trinajstić information content (AvgIpc) is 2.50. The van der Waals surface area contributed by atoms with Crippen LogP contribution in [0.2, 0.25) is 0 Å². The first kappa shape index (κ1) is 9.52. The van der Waals surface area contributed by atoms with Crippen LogP contribution in [0.1, 0.15) is 18.0 Å². The molecule has 1 fully saturated rings. The van der Waals surface area contributed by atoms with Crippen LogP contribution < -0.4 is 5.32 Å². The van der Waals surface area contributed by atoms with E-state index in [2.05, 4.69) is 5.32 Å². The van der Waals surface area contributed by atoms with E-state index in [1.165, 1.54) is 12.1 Å². The minimum Gasteiger partial charge on any atom is -0.307 e. The third kappa shape index (κ3) is 1.90. The second-order valence-electron chi connectivity index (χ2n) is 3.50. The normalized spacial score (nSPS) is 26.8. The quantitative estimate of drug-likeness (QED) is 0.735. The molecule has 14 heavy (non-hydrogen) atoms. The highest BCUT2D eigenvalue weighted by Crippen LogP contribution is 2.25. The Morgan fingerprint density at radius 2 is 1.79 bits per heavy atom. The summed E-state index contributed by atoms with van der Waals surface area (Å²) in [4.78, 5) is 0. The molecule has 0 amide bonds. The molecule has 0 aromatic heterocycles. The van der Waals surface area contributed by atoms with E-state index in [-0.39, 0.29) is 19.0 Å². The van der Waals surface area contributed by atoms with Crippen LogP contribution in [0.15, 0.2) is 18.2 Å². The second kappa shape index (κ2) is 3.61. The fourth-order valence-corrected chi connectivity index (χ4v) is 1.72. The number of benzene rings is 1. The first-order valence-corrected chi connectivity index (χ1v) is 4.48. The predicted molar refractivity (Wildman–Crippen MR) is 46.6 cm³/mol. The van der Waals surface area contributed by atoms with Gasteiger partial charge in [-0.25, -0.2) is 13.2 Å². The first-order chi connectivity index (χ1) is 6.65. The van der Waals surface area contributed by atoms with Crippen molar-refractivity contribution in [3.8, 4) is 0 Å². The zero-order valence-corrected chi connectivity index (χ0v) is 7.43. The van der Waals surface area contributed by atoms with E-state index in [0.717, 1.165) is 6.07 Å². The van der Waals surface area contributed by atoms with Gasteiger partial charge in [0.25, 0.3) is 0 Å². The topological polar surface area (TPSA) is 12.0 Å². The zero-order chi connectivity index (χ0) is 10.1. The van der Waals surface area contributed by atoms with Crippen LogP contribution in [0.3, 0.4) is 0 Å². The van der Waals surface area contributed by atoms with Gasteiger partial charge in [-0.05, 0) is 24.1 Å². The molecule has 0 bridgehead atoms. The van der Waals surface area contributed by atoms with Crippen molar-refractivity contribution in [3.05, 3.63) is 35.4 Å². The van der Waals surface area contributed by atoms with Crippen molar-refractivity contribution in [2.45, 2.75) is 18.6 Å². The molecular formula is C10H10F3N. The standard InChI is InChI=1S/C10H10F3N/c11-7-1-6(2-8(12)3-7)10-4-9(13)5-14-10/h1-3,9-10,14H,4-5H2/t9-,10+/m0/s1. The van der Waals surface area contributed by atoms with Crippen molar-refractivity contribution in [1.82, 2.24) is 5.32 Å². The molecule has 1 aromatic carbocycles. The number of rotatable bonds is 1. The summed E-state index contributed by atoms with van der Waals surface area (Å²) in [5, 5.41) is 2.87. The fraction of sp³-hybridized carbons (Fsp3) is 0.400. The van der Waals surface area contributed by atoms with E-state index in [1.54, 1.807) is 0 Å². The lowest BCUT2D eigenvalue weighted by Crippen LogP contribution is -2.14. The van der Waals surface area contributed by atoms with Gasteiger partial charge in [0.1, 0.15) is 17.8 Å². The molecule has 1 aromatic rings. The van der Waals surface area contributed by atoms with E-state index in [9.17, 15) is 13.2 Å². The van der Waals surface area contributed by atoms with E-state index in [1.807, 2.05) is 0 Å². The van der Waals surface area contributed by atoms with Gasteiger partial charge in [-0.2, -0.15) is 0 Å². The fourth-order valence-electron chi connectivity index (χ4n) is 1.72. The number of halogens is 3. The van der Waals surface area contributed by atoms with Gasteiger partial charge in [-0.15, -0.1) is 0 Å². The van der Waals surface area contributed by atoms with Crippen LogP contribution in [-0.2, 0) is 0 Å². The largest absolute Gasteiger partial charge is 0.307 e. The Morgan fingerprint density at radius 3 is 2.29 bits per heavy atom. The molecule has 2 atom stereocenters. The van der Waals surface area contributed by atoms with E-state index >= 15 is 0 Å². The van der Waals surface area contributed by atoms with Gasteiger partial charge in [0, 0.05) is 18.7 Å². The minimum absolute atomic E-state index is 0.253. The Balaban J connectivity index is 2.23. The molecule has 2 rings (SSSR count). The number of nitrogens with one attached hydrogen (secondary N) is 1. The van der Waals surface area contributed by atoms with Gasteiger partial charge in [0.05, 0.1) is 0 Å². The molecule has 0 saturated carbocycles. The van der Waals surface area contributed by atoms with Gasteiger partial charge in [0.2, 0.25) is 0 Å². The average molecular weight is 201 g/mol. The van der Waals surface area contributed by atoms with Crippen molar-refractivity contribution in [2.75, 3.05) is 6.54 Å². The second-order valence-corrected chi connectivity index (χ2v) is 3.50. The molecule has 0 aliphatic carbocycles. The molecule has 1 nitrogen and oxygen atoms in total. The monoisotopic (exact) mass is 201 g/mol. The molecular weight excluding hydrogens is 191 g/mol. The highest BCUT2D eigenvalue weighted by molar-refractivity contribution is 5.22. The van der Waals surface area contributed by atoms with Crippen LogP contribution in [0.4, 0.5) is 13.2 Å². The Hall–Kier alpha value is -1.03. The van der Waals surface area contributed by atoms with Crippen LogP contribution in [-0.4, -0.2) is 12.7 Å². The summed E-state index contributed by atoms with van der Waals surface area (Å²) in [6.07, 6.45) is -0.644. The Bertz CT molecular complexity index is 320. The Labute approximate surface area is 79.9 Å². The van der Waals surface area contributed by atoms with E-state index < -0.39 is 17.8 Å². The highest BCUT2D eigenvalue weighted by atomic mass is 19.1. The highest BCUT2D eigenvalue weighted by Gasteiger charge is 2.25. The summed E-state index contributed by atoms with van der Waals surface area (Å²) in [6, 6.07) is 3.01. The lowest BCUT2D eigenvalue weighted by atomic mass is 10.0. The summed E-state index contributed by atoms with van der Waals surface area (Å²) in [6.45, 7) is 0.253. The molecule has 1 aliphatic rings. The van der Waals surface area contributed by atoms with Crippen molar-refractivity contribution < 1.29 is 13.2 Å². The smallest absolute Gasteiger partial charge is 0.126 e. The summed E-state index contributed by atoms with van der Waals surface area (Å²) >= 11 is 0. The van der Waals surface area contributed by atoms with Gasteiger partial charge >= 0.3 is 0 Å². The molecule has 1 saturated heterocycles. The molecule has 1 aliphatic heterocycles. The van der Waals surface area contributed by atoms with Gasteiger partial charge in [0.15, 0.2) is 0 Å². The van der Waals surface area contributed by atoms with Crippen molar-refractivity contribution in [3.63, 3.8) is 0 Å². The predicted octanol–water partition coefficient (Wildman–Crippen LogP) is 2.34. The Morgan fingerprint density at radius 1 is 1.14 bits per heavy atom. The van der Waals surface area contributed by atoms with Crippen LogP contribution >= 0.6 is 0 Å².